The van der Waals surface area contributed by atoms with Gasteiger partial charge in [-0.1, -0.05) is 32.9 Å². The number of carbonyl (C=O) groups excluding carboxylic acids is 2. The van der Waals surface area contributed by atoms with Gasteiger partial charge >= 0.3 is 0 Å². The molecule has 0 unspecified atom stereocenters. The summed E-state index contributed by atoms with van der Waals surface area (Å²) in [4.78, 5) is 26.4. The molecule has 1 aromatic carbocycles. The zero-order valence-corrected chi connectivity index (χ0v) is 15.6. The van der Waals surface area contributed by atoms with Gasteiger partial charge in [0.15, 0.2) is 8.32 Å². The smallest absolute Gasteiger partial charge is 0.261 e. The van der Waals surface area contributed by atoms with Crippen LogP contribution in [0.2, 0.25) is 18.1 Å². The summed E-state index contributed by atoms with van der Waals surface area (Å²) in [5.74, 6) is -0.0119. The number of carbonyl (C=O) groups is 2. The molecule has 0 saturated heterocycles. The minimum atomic E-state index is -1.78. The molecule has 1 aliphatic carbocycles. The van der Waals surface area contributed by atoms with Gasteiger partial charge in [0, 0.05) is 18.6 Å². The second-order valence-corrected chi connectivity index (χ2v) is 13.0. The van der Waals surface area contributed by atoms with E-state index in [4.69, 9.17) is 4.43 Å². The predicted molar refractivity (Wildman–Crippen MR) is 92.0 cm³/mol. The normalized spacial score (nSPS) is 24.1. The minimum absolute atomic E-state index is 0.00664. The fourth-order valence-corrected chi connectivity index (χ4v) is 3.83. The van der Waals surface area contributed by atoms with Gasteiger partial charge in [0.1, 0.15) is 0 Å². The number of imide groups is 1. The van der Waals surface area contributed by atoms with E-state index < -0.39 is 8.32 Å². The number of amides is 2. The SMILES string of the molecule is CC(C)(C)[Si](C)(C)OC[C@H]1C[C@@H]1N1C(=O)c2ccccc2C1=O. The van der Waals surface area contributed by atoms with Crippen molar-refractivity contribution in [3.8, 4) is 0 Å². The molecular formula is C18H25NO3Si. The van der Waals surface area contributed by atoms with E-state index in [9.17, 15) is 9.59 Å². The van der Waals surface area contributed by atoms with Gasteiger partial charge in [-0.2, -0.15) is 0 Å². The maximum absolute atomic E-state index is 12.5. The van der Waals surface area contributed by atoms with Gasteiger partial charge in [-0.05, 0) is 36.7 Å². The Balaban J connectivity index is 1.64. The lowest BCUT2D eigenvalue weighted by molar-refractivity contribution is 0.0629. The Morgan fingerprint density at radius 2 is 1.65 bits per heavy atom. The van der Waals surface area contributed by atoms with Crippen molar-refractivity contribution in [3.05, 3.63) is 35.4 Å². The molecule has 5 heteroatoms. The highest BCUT2D eigenvalue weighted by molar-refractivity contribution is 6.74. The van der Waals surface area contributed by atoms with Crippen LogP contribution in [0.15, 0.2) is 24.3 Å². The van der Waals surface area contributed by atoms with Crippen LogP contribution >= 0.6 is 0 Å². The first-order valence-corrected chi connectivity index (χ1v) is 11.2. The lowest BCUT2D eigenvalue weighted by Crippen LogP contribution is -2.42. The van der Waals surface area contributed by atoms with E-state index in [1.807, 2.05) is 0 Å². The summed E-state index contributed by atoms with van der Waals surface area (Å²) in [6, 6.07) is 7.09. The number of benzene rings is 1. The van der Waals surface area contributed by atoms with Crippen molar-refractivity contribution < 1.29 is 14.0 Å². The van der Waals surface area contributed by atoms with Crippen LogP contribution in [0.3, 0.4) is 0 Å². The number of hydrogen-bond donors (Lipinski definition) is 0. The average molecular weight is 331 g/mol. The molecule has 124 valence electrons. The van der Waals surface area contributed by atoms with E-state index in [1.54, 1.807) is 24.3 Å². The zero-order valence-electron chi connectivity index (χ0n) is 14.6. The van der Waals surface area contributed by atoms with Crippen molar-refractivity contribution in [1.29, 1.82) is 0 Å². The molecule has 1 fully saturated rings. The molecule has 0 N–H and O–H groups in total. The first-order valence-electron chi connectivity index (χ1n) is 8.24. The van der Waals surface area contributed by atoms with Crippen LogP contribution in [0.25, 0.3) is 0 Å². The molecule has 1 heterocycles. The molecule has 3 rings (SSSR count). The number of hydrogen-bond acceptors (Lipinski definition) is 3. The minimum Gasteiger partial charge on any atom is -0.416 e. The van der Waals surface area contributed by atoms with Crippen LogP contribution in [0, 0.1) is 5.92 Å². The van der Waals surface area contributed by atoms with Gasteiger partial charge in [0.25, 0.3) is 11.8 Å². The summed E-state index contributed by atoms with van der Waals surface area (Å²) in [6.07, 6.45) is 0.861. The number of rotatable bonds is 4. The standard InChI is InChI=1S/C18H25NO3Si/c1-18(2,3)23(4,5)22-11-12-10-15(12)19-16(20)13-8-6-7-9-14(13)17(19)21/h6-9,12,15H,10-11H2,1-5H3/t12-,15+/m1/s1. The first kappa shape index (κ1) is 16.4. The molecular weight excluding hydrogens is 306 g/mol. The molecule has 2 amide bonds. The van der Waals surface area contributed by atoms with E-state index >= 15 is 0 Å². The Bertz CT molecular complexity index is 627. The number of fused-ring (bicyclic) bond motifs is 1. The Kier molecular flexibility index (Phi) is 3.76. The average Bonchev–Trinajstić information content (AvgIpc) is 3.18. The van der Waals surface area contributed by atoms with Gasteiger partial charge in [-0.25, -0.2) is 0 Å². The van der Waals surface area contributed by atoms with Crippen molar-refractivity contribution >= 4 is 20.1 Å². The third kappa shape index (κ3) is 2.76. The maximum Gasteiger partial charge on any atom is 0.261 e. The van der Waals surface area contributed by atoms with Gasteiger partial charge in [0.2, 0.25) is 0 Å². The fourth-order valence-electron chi connectivity index (χ4n) is 2.77. The summed E-state index contributed by atoms with van der Waals surface area (Å²) in [5.41, 5.74) is 1.07. The molecule has 1 saturated carbocycles. The number of nitrogens with zero attached hydrogens (tertiary/aromatic N) is 1. The molecule has 0 aromatic heterocycles. The lowest BCUT2D eigenvalue weighted by atomic mass is 10.1. The molecule has 1 aliphatic heterocycles. The highest BCUT2D eigenvalue weighted by Crippen LogP contribution is 2.43. The molecule has 0 bridgehead atoms. The van der Waals surface area contributed by atoms with Crippen LogP contribution in [0.5, 0.6) is 0 Å². The third-order valence-electron chi connectivity index (χ3n) is 5.51. The lowest BCUT2D eigenvalue weighted by Gasteiger charge is -2.36. The summed E-state index contributed by atoms with van der Waals surface area (Å²) in [7, 11) is -1.78. The van der Waals surface area contributed by atoms with Gasteiger partial charge < -0.3 is 4.43 Å². The molecule has 2 aliphatic rings. The van der Waals surface area contributed by atoms with Crippen molar-refractivity contribution in [2.75, 3.05) is 6.61 Å². The molecule has 2 atom stereocenters. The summed E-state index contributed by atoms with van der Waals surface area (Å²) >= 11 is 0. The summed E-state index contributed by atoms with van der Waals surface area (Å²) in [6.45, 7) is 11.8. The molecule has 23 heavy (non-hydrogen) atoms. The van der Waals surface area contributed by atoms with E-state index in [2.05, 4.69) is 33.9 Å². The zero-order chi connectivity index (χ0) is 17.0. The second kappa shape index (κ2) is 5.28. The Morgan fingerprint density at radius 1 is 1.13 bits per heavy atom. The molecule has 1 aromatic rings. The second-order valence-electron chi connectivity index (χ2n) is 8.16. The van der Waals surface area contributed by atoms with Crippen molar-refractivity contribution in [2.45, 2.75) is 51.4 Å². The molecule has 0 radical (unpaired) electrons. The Morgan fingerprint density at radius 3 is 2.13 bits per heavy atom. The van der Waals surface area contributed by atoms with Crippen LogP contribution < -0.4 is 0 Å². The van der Waals surface area contributed by atoms with Crippen LogP contribution in [0.1, 0.15) is 47.9 Å². The predicted octanol–water partition coefficient (Wildman–Crippen LogP) is 3.69. The third-order valence-corrected chi connectivity index (χ3v) is 10.0. The Labute approximate surface area is 138 Å². The monoisotopic (exact) mass is 331 g/mol. The molecule has 4 nitrogen and oxygen atoms in total. The van der Waals surface area contributed by atoms with E-state index in [-0.39, 0.29) is 28.8 Å². The van der Waals surface area contributed by atoms with Crippen LogP contribution in [0.4, 0.5) is 0 Å². The van der Waals surface area contributed by atoms with E-state index in [0.29, 0.717) is 17.7 Å². The largest absolute Gasteiger partial charge is 0.416 e. The van der Waals surface area contributed by atoms with Crippen LogP contribution in [-0.2, 0) is 4.43 Å². The quantitative estimate of drug-likeness (QED) is 0.624. The summed E-state index contributed by atoms with van der Waals surface area (Å²) in [5, 5.41) is 0.174. The molecule has 0 spiro atoms. The Hall–Kier alpha value is -1.46. The van der Waals surface area contributed by atoms with E-state index in [0.717, 1.165) is 6.42 Å². The highest BCUT2D eigenvalue weighted by Gasteiger charge is 2.51. The van der Waals surface area contributed by atoms with Crippen LogP contribution in [-0.4, -0.2) is 37.7 Å². The van der Waals surface area contributed by atoms with Gasteiger partial charge in [-0.3, -0.25) is 14.5 Å². The van der Waals surface area contributed by atoms with Gasteiger partial charge in [-0.15, -0.1) is 0 Å². The van der Waals surface area contributed by atoms with Crippen molar-refractivity contribution in [3.63, 3.8) is 0 Å². The maximum atomic E-state index is 12.5. The highest BCUT2D eigenvalue weighted by atomic mass is 28.4. The van der Waals surface area contributed by atoms with Crippen molar-refractivity contribution in [1.82, 2.24) is 4.90 Å². The topological polar surface area (TPSA) is 46.6 Å². The van der Waals surface area contributed by atoms with Gasteiger partial charge in [0.05, 0.1) is 11.1 Å². The van der Waals surface area contributed by atoms with E-state index in [1.165, 1.54) is 4.90 Å². The fraction of sp³-hybridized carbons (Fsp3) is 0.556. The van der Waals surface area contributed by atoms with Crippen molar-refractivity contribution in [2.24, 2.45) is 5.92 Å². The first-order chi connectivity index (χ1) is 10.6. The summed E-state index contributed by atoms with van der Waals surface area (Å²) < 4.78 is 6.24.